The van der Waals surface area contributed by atoms with Crippen LogP contribution < -0.4 is 9.47 Å². The number of benzene rings is 8. The molecule has 2 N–H and O–H groups in total. The van der Waals surface area contributed by atoms with Gasteiger partial charge in [-0.3, -0.25) is 0 Å². The van der Waals surface area contributed by atoms with Crippen LogP contribution in [-0.4, -0.2) is 32.6 Å². The van der Waals surface area contributed by atoms with Gasteiger partial charge in [0.1, 0.15) is 23.1 Å². The average molecular weight is 1470 g/mol. The van der Waals surface area contributed by atoms with Crippen molar-refractivity contribution in [2.45, 2.75) is 204 Å². The first-order valence-corrected chi connectivity index (χ1v) is 33.0. The normalized spacial score (nSPS) is 12.9. The Morgan fingerprint density at radius 1 is 0.344 bits per heavy atom. The van der Waals surface area contributed by atoms with Crippen LogP contribution in [0.5, 0.6) is 23.0 Å². The number of rotatable bonds is 14. The second-order valence-corrected chi connectivity index (χ2v) is 34.2. The van der Waals surface area contributed by atoms with Crippen LogP contribution in [0.1, 0.15) is 205 Å². The Hall–Kier alpha value is -6.85. The van der Waals surface area contributed by atoms with E-state index in [2.05, 4.69) is 234 Å². The predicted molar refractivity (Wildman–Crippen MR) is 393 cm³/mol. The molecule has 2 heterocycles. The zero-order chi connectivity index (χ0) is 68.4. The Balaban J connectivity index is 0.00000433. The minimum Gasteiger partial charge on any atom is -0.505 e. The summed E-state index contributed by atoms with van der Waals surface area (Å²) in [7, 11) is 0. The average Bonchev–Trinajstić information content (AvgIpc) is 1.53. The molecule has 96 heavy (non-hydrogen) atoms. The number of nitrogens with zero attached hydrogens (tertiary/aromatic N) is 2. The van der Waals surface area contributed by atoms with Gasteiger partial charge < -0.3 is 43.7 Å². The maximum atomic E-state index is 16.7. The van der Waals surface area contributed by atoms with Crippen LogP contribution in [0.4, 0.5) is 17.6 Å². The molecule has 0 fully saturated rings. The van der Waals surface area contributed by atoms with Crippen molar-refractivity contribution >= 4 is 43.6 Å². The predicted octanol–water partition coefficient (Wildman–Crippen LogP) is 24.5. The summed E-state index contributed by atoms with van der Waals surface area (Å²) in [6, 6.07) is 37.4. The van der Waals surface area contributed by atoms with E-state index in [9.17, 15) is 10.2 Å². The molecule has 0 aliphatic rings. The molecule has 0 unspecified atom stereocenters. The maximum Gasteiger partial charge on any atom is 0.168 e. The molecule has 10 aromatic rings. The molecule has 0 aliphatic heterocycles. The molecule has 0 radical (unpaired) electrons. The summed E-state index contributed by atoms with van der Waals surface area (Å²) in [5.41, 5.74) is 9.10. The standard InChI is InChI=1S/C83H98F4N2O4.2CH3.Hf/c1-76(2,3)46-82(19,20)52-38-60(72(90)70(40-52)88-66-28-24-48(78(7,8)9)34-56(66)57-35-49(79(10,11)12)25-29-67(57)88)62-42-54(84)44-64(86)74(62)92-32-23-33-93-75-63(43-55(85)45-65(75)87)61-39-53(83(21,22)47-77(4,5)6)41-71(73(61)91)89-68-30-26-50(80(13,14)15)36-58(68)59-37-51(81(16,17)18)27-31-69(59)89;;;/h24-31,34-45,90-91H,23,32-33,46-47H2,1-22H3;2*1H3;/q;2*-1;. The van der Waals surface area contributed by atoms with Gasteiger partial charge in [0.25, 0.3) is 0 Å². The minimum atomic E-state index is -0.979. The molecule has 512 valence electrons. The summed E-state index contributed by atoms with van der Waals surface area (Å²) in [5, 5.41) is 30.0. The summed E-state index contributed by atoms with van der Waals surface area (Å²) in [6.45, 7) is 47.5. The molecular formula is C85H104F4HfN2O4-2. The number of fused-ring (bicyclic) bond motifs is 6. The van der Waals surface area contributed by atoms with Crippen LogP contribution in [0, 0.1) is 49.0 Å². The van der Waals surface area contributed by atoms with E-state index in [0.717, 1.165) is 102 Å². The van der Waals surface area contributed by atoms with E-state index in [1.54, 1.807) is 0 Å². The Morgan fingerprint density at radius 3 is 0.865 bits per heavy atom. The Kier molecular flexibility index (Phi) is 21.3. The number of hydrogen-bond acceptors (Lipinski definition) is 4. The maximum absolute atomic E-state index is 16.7. The summed E-state index contributed by atoms with van der Waals surface area (Å²) < 4.78 is 82.3. The quantitative estimate of drug-likeness (QED) is 0.0493. The molecule has 0 bridgehead atoms. The van der Waals surface area contributed by atoms with Gasteiger partial charge in [-0.15, -0.1) is 0 Å². The first-order valence-electron chi connectivity index (χ1n) is 33.0. The van der Waals surface area contributed by atoms with Crippen molar-refractivity contribution in [1.82, 2.24) is 9.13 Å². The van der Waals surface area contributed by atoms with E-state index in [-0.39, 0.29) is 138 Å². The van der Waals surface area contributed by atoms with Crippen LogP contribution in [0.15, 0.2) is 121 Å². The van der Waals surface area contributed by atoms with E-state index in [4.69, 9.17) is 9.47 Å². The van der Waals surface area contributed by atoms with Crippen molar-refractivity contribution in [3.8, 4) is 56.6 Å². The van der Waals surface area contributed by atoms with Gasteiger partial charge in [-0.1, -0.05) is 177 Å². The van der Waals surface area contributed by atoms with Crippen molar-refractivity contribution in [2.75, 3.05) is 13.2 Å². The number of halogens is 4. The molecule has 11 heteroatoms. The van der Waals surface area contributed by atoms with Gasteiger partial charge in [-0.05, 0) is 174 Å². The number of aromatic nitrogens is 2. The molecule has 8 aromatic carbocycles. The fourth-order valence-electron chi connectivity index (χ4n) is 14.3. The van der Waals surface area contributed by atoms with Crippen LogP contribution >= 0.6 is 0 Å². The van der Waals surface area contributed by atoms with Crippen molar-refractivity contribution < 1.29 is 63.1 Å². The van der Waals surface area contributed by atoms with Crippen LogP contribution in [0.2, 0.25) is 0 Å². The van der Waals surface area contributed by atoms with Crippen molar-refractivity contribution in [3.05, 3.63) is 193 Å². The van der Waals surface area contributed by atoms with Gasteiger partial charge in [-0.2, -0.15) is 0 Å². The van der Waals surface area contributed by atoms with Crippen molar-refractivity contribution in [1.29, 1.82) is 0 Å². The first-order chi connectivity index (χ1) is 42.8. The number of phenols is 2. The van der Waals surface area contributed by atoms with E-state index in [1.807, 2.05) is 24.3 Å². The van der Waals surface area contributed by atoms with Crippen molar-refractivity contribution in [2.24, 2.45) is 10.8 Å². The second-order valence-electron chi connectivity index (χ2n) is 34.2. The fraction of sp³-hybridized carbons (Fsp3) is 0.412. The van der Waals surface area contributed by atoms with E-state index in [0.29, 0.717) is 11.4 Å². The number of ether oxygens (including phenoxy) is 2. The third-order valence-electron chi connectivity index (χ3n) is 18.5. The van der Waals surface area contributed by atoms with Gasteiger partial charge in [-0.25, -0.2) is 17.6 Å². The first kappa shape index (κ1) is 76.5. The summed E-state index contributed by atoms with van der Waals surface area (Å²) in [5.74, 6) is -4.64. The molecular weight excluding hydrogens is 1370 g/mol. The zero-order valence-corrected chi connectivity index (χ0v) is 65.3. The third-order valence-corrected chi connectivity index (χ3v) is 18.5. The SMILES string of the molecule is CC(C)(C)CC(C)(C)c1cc(-c2cc(F)cc(F)c2OCCCOc2c(F)cc(F)cc2-c2cc(C(C)(C)CC(C)(C)C)cc(-n3c4ccc(C(C)(C)C)cc4c4cc(C(C)(C)C)ccc43)c2O)c(O)c(-n2c3ccc(C(C)(C)C)cc3c3cc(C(C)(C)C)ccc32)c1.[CH3-].[CH3-].[Hf]. The molecule has 0 spiro atoms. The molecule has 10 rings (SSSR count). The van der Waals surface area contributed by atoms with E-state index in [1.165, 1.54) is 12.1 Å². The Morgan fingerprint density at radius 2 is 0.615 bits per heavy atom. The molecule has 0 saturated carbocycles. The van der Waals surface area contributed by atoms with Crippen molar-refractivity contribution in [3.63, 3.8) is 0 Å². The van der Waals surface area contributed by atoms with Gasteiger partial charge in [0.05, 0.1) is 46.7 Å². The summed E-state index contributed by atoms with van der Waals surface area (Å²) >= 11 is 0. The molecule has 0 atom stereocenters. The van der Waals surface area contributed by atoms with E-state index < -0.39 is 34.1 Å². The topological polar surface area (TPSA) is 68.8 Å². The van der Waals surface area contributed by atoms with Gasteiger partial charge in [0.15, 0.2) is 23.1 Å². The summed E-state index contributed by atoms with van der Waals surface area (Å²) in [6.07, 6.45) is 1.52. The smallest absolute Gasteiger partial charge is 0.168 e. The number of phenolic OH excluding ortho intramolecular Hbond substituents is 2. The molecule has 0 aliphatic carbocycles. The Bertz CT molecular complexity index is 4130. The van der Waals surface area contributed by atoms with Crippen LogP contribution in [-0.2, 0) is 58.3 Å². The summed E-state index contributed by atoms with van der Waals surface area (Å²) in [4.78, 5) is 0. The van der Waals surface area contributed by atoms with Crippen LogP contribution in [0.3, 0.4) is 0 Å². The van der Waals surface area contributed by atoms with Crippen LogP contribution in [0.25, 0.3) is 77.2 Å². The molecule has 0 amide bonds. The molecule has 2 aromatic heterocycles. The van der Waals surface area contributed by atoms with E-state index >= 15 is 17.6 Å². The minimum absolute atomic E-state index is 0. The Labute approximate surface area is 589 Å². The zero-order valence-electron chi connectivity index (χ0n) is 61.7. The number of hydrogen-bond donors (Lipinski definition) is 2. The third kappa shape index (κ3) is 15.4. The van der Waals surface area contributed by atoms with Gasteiger partial charge in [0, 0.05) is 88.2 Å². The second kappa shape index (κ2) is 26.8. The van der Waals surface area contributed by atoms with Gasteiger partial charge in [0.2, 0.25) is 0 Å². The largest absolute Gasteiger partial charge is 0.505 e. The number of aromatic hydroxyl groups is 2. The molecule has 6 nitrogen and oxygen atoms in total. The molecule has 0 saturated heterocycles. The fourth-order valence-corrected chi connectivity index (χ4v) is 14.3. The monoisotopic (exact) mass is 1470 g/mol. The van der Waals surface area contributed by atoms with Gasteiger partial charge >= 0.3 is 0 Å².